The predicted octanol–water partition coefficient (Wildman–Crippen LogP) is 2.99. The molecule has 0 spiro atoms. The fraction of sp³-hybridized carbons (Fsp3) is 0.118. The van der Waals surface area contributed by atoms with Crippen LogP contribution in [0.1, 0.15) is 18.7 Å². The van der Waals surface area contributed by atoms with Crippen LogP contribution in [-0.4, -0.2) is 20.0 Å². The van der Waals surface area contributed by atoms with Gasteiger partial charge in [0, 0.05) is 17.0 Å². The highest BCUT2D eigenvalue weighted by atomic mass is 16.3. The van der Waals surface area contributed by atoms with Crippen LogP contribution in [0.3, 0.4) is 0 Å². The van der Waals surface area contributed by atoms with Crippen molar-refractivity contribution in [2.45, 2.75) is 13.0 Å². The second-order valence-electron chi connectivity index (χ2n) is 5.37. The standard InChI is InChI=1S/C17H14N4O2/c1-11(17-7-4-8-23-17)21-10-15(19-20-21)14-9-16(22)12-5-2-3-6-13(12)18-14/h2-11H,1H3,(H,18,22)/t11-/m1/s1. The van der Waals surface area contributed by atoms with Gasteiger partial charge in [0.2, 0.25) is 0 Å². The molecule has 1 aromatic carbocycles. The van der Waals surface area contributed by atoms with Gasteiger partial charge in [0.1, 0.15) is 17.5 Å². The molecule has 6 heteroatoms. The lowest BCUT2D eigenvalue weighted by atomic mass is 10.2. The first-order valence-electron chi connectivity index (χ1n) is 7.30. The van der Waals surface area contributed by atoms with Crippen molar-refractivity contribution in [1.82, 2.24) is 20.0 Å². The van der Waals surface area contributed by atoms with E-state index >= 15 is 0 Å². The molecule has 1 atom stereocenters. The highest BCUT2D eigenvalue weighted by Gasteiger charge is 2.14. The minimum atomic E-state index is -0.0709. The van der Waals surface area contributed by atoms with Crippen LogP contribution in [0, 0.1) is 0 Å². The van der Waals surface area contributed by atoms with E-state index in [1.54, 1.807) is 29.3 Å². The molecular formula is C17H14N4O2. The van der Waals surface area contributed by atoms with E-state index < -0.39 is 0 Å². The van der Waals surface area contributed by atoms with Crippen molar-refractivity contribution in [2.75, 3.05) is 0 Å². The molecule has 0 aliphatic rings. The molecule has 0 bridgehead atoms. The van der Waals surface area contributed by atoms with Gasteiger partial charge in [-0.15, -0.1) is 5.10 Å². The number of hydrogen-bond donors (Lipinski definition) is 1. The second kappa shape index (κ2) is 5.24. The molecule has 0 saturated carbocycles. The molecule has 114 valence electrons. The predicted molar refractivity (Wildman–Crippen MR) is 86.1 cm³/mol. The maximum atomic E-state index is 12.2. The van der Waals surface area contributed by atoms with Crippen molar-refractivity contribution in [2.24, 2.45) is 0 Å². The minimum Gasteiger partial charge on any atom is -0.467 e. The molecule has 0 radical (unpaired) electrons. The monoisotopic (exact) mass is 306 g/mol. The third-order valence-corrected chi connectivity index (χ3v) is 3.88. The lowest BCUT2D eigenvalue weighted by Crippen LogP contribution is -2.06. The van der Waals surface area contributed by atoms with Crippen molar-refractivity contribution in [1.29, 1.82) is 0 Å². The molecule has 0 fully saturated rings. The lowest BCUT2D eigenvalue weighted by Gasteiger charge is -2.07. The van der Waals surface area contributed by atoms with Gasteiger partial charge in [-0.1, -0.05) is 17.3 Å². The fourth-order valence-corrected chi connectivity index (χ4v) is 2.58. The first-order valence-corrected chi connectivity index (χ1v) is 7.30. The molecule has 0 saturated heterocycles. The zero-order chi connectivity index (χ0) is 15.8. The van der Waals surface area contributed by atoms with Gasteiger partial charge >= 0.3 is 0 Å². The SMILES string of the molecule is C[C@H](c1ccco1)n1cc(-c2cc(=O)c3ccccc3[nH]2)nn1. The first-order chi connectivity index (χ1) is 11.2. The van der Waals surface area contributed by atoms with Gasteiger partial charge in [-0.25, -0.2) is 4.68 Å². The average Bonchev–Trinajstić information content (AvgIpc) is 3.26. The summed E-state index contributed by atoms with van der Waals surface area (Å²) >= 11 is 0. The van der Waals surface area contributed by atoms with Crippen LogP contribution in [-0.2, 0) is 0 Å². The number of H-pyrrole nitrogens is 1. The summed E-state index contributed by atoms with van der Waals surface area (Å²) in [5, 5.41) is 8.97. The van der Waals surface area contributed by atoms with E-state index in [2.05, 4.69) is 15.3 Å². The summed E-state index contributed by atoms with van der Waals surface area (Å²) in [5.41, 5.74) is 2.00. The summed E-state index contributed by atoms with van der Waals surface area (Å²) in [6.07, 6.45) is 3.43. The normalized spacial score (nSPS) is 12.6. The number of para-hydroxylation sites is 1. The van der Waals surface area contributed by atoms with Gasteiger partial charge in [0.25, 0.3) is 0 Å². The van der Waals surface area contributed by atoms with Crippen molar-refractivity contribution in [3.63, 3.8) is 0 Å². The van der Waals surface area contributed by atoms with E-state index in [-0.39, 0.29) is 11.5 Å². The summed E-state index contributed by atoms with van der Waals surface area (Å²) in [5.74, 6) is 0.799. The van der Waals surface area contributed by atoms with E-state index in [1.165, 1.54) is 0 Å². The lowest BCUT2D eigenvalue weighted by molar-refractivity contribution is 0.419. The maximum absolute atomic E-state index is 12.2. The van der Waals surface area contributed by atoms with Crippen LogP contribution in [0.25, 0.3) is 22.3 Å². The van der Waals surface area contributed by atoms with Gasteiger partial charge in [-0.2, -0.15) is 0 Å². The quantitative estimate of drug-likeness (QED) is 0.631. The van der Waals surface area contributed by atoms with Gasteiger partial charge in [-0.3, -0.25) is 4.79 Å². The minimum absolute atomic E-state index is 0.0389. The molecular weight excluding hydrogens is 292 g/mol. The molecule has 3 aromatic heterocycles. The van der Waals surface area contributed by atoms with E-state index in [0.29, 0.717) is 16.8 Å². The van der Waals surface area contributed by atoms with E-state index in [9.17, 15) is 4.79 Å². The second-order valence-corrected chi connectivity index (χ2v) is 5.37. The number of nitrogens with zero attached hydrogens (tertiary/aromatic N) is 3. The van der Waals surface area contributed by atoms with Crippen LogP contribution in [0.5, 0.6) is 0 Å². The Labute approximate surface area is 131 Å². The van der Waals surface area contributed by atoms with Gasteiger partial charge in [0.15, 0.2) is 5.43 Å². The molecule has 4 rings (SSSR count). The Balaban J connectivity index is 1.76. The van der Waals surface area contributed by atoms with E-state index in [0.717, 1.165) is 11.3 Å². The summed E-state index contributed by atoms with van der Waals surface area (Å²) in [7, 11) is 0. The number of aromatic nitrogens is 4. The first kappa shape index (κ1) is 13.5. The average molecular weight is 306 g/mol. The Morgan fingerprint density at radius 2 is 2.09 bits per heavy atom. The van der Waals surface area contributed by atoms with Crippen molar-refractivity contribution in [3.8, 4) is 11.4 Å². The maximum Gasteiger partial charge on any atom is 0.190 e. The largest absolute Gasteiger partial charge is 0.467 e. The Morgan fingerprint density at radius 3 is 2.91 bits per heavy atom. The summed E-state index contributed by atoms with van der Waals surface area (Å²) in [4.78, 5) is 15.4. The Hall–Kier alpha value is -3.15. The summed E-state index contributed by atoms with van der Waals surface area (Å²) in [6, 6.07) is 12.6. The number of hydrogen-bond acceptors (Lipinski definition) is 4. The number of nitrogens with one attached hydrogen (secondary N) is 1. The van der Waals surface area contributed by atoms with Gasteiger partial charge < -0.3 is 9.40 Å². The molecule has 1 N–H and O–H groups in total. The summed E-state index contributed by atoms with van der Waals surface area (Å²) in [6.45, 7) is 1.97. The number of rotatable bonds is 3. The van der Waals surface area contributed by atoms with Gasteiger partial charge in [0.05, 0.1) is 18.2 Å². The number of fused-ring (bicyclic) bond motifs is 1. The number of benzene rings is 1. The van der Waals surface area contributed by atoms with Crippen molar-refractivity contribution < 1.29 is 4.42 Å². The molecule has 6 nitrogen and oxygen atoms in total. The molecule has 0 unspecified atom stereocenters. The van der Waals surface area contributed by atoms with E-state index in [4.69, 9.17) is 4.42 Å². The van der Waals surface area contributed by atoms with E-state index in [1.807, 2.05) is 37.3 Å². The Kier molecular flexibility index (Phi) is 3.08. The molecule has 0 aliphatic heterocycles. The van der Waals surface area contributed by atoms with Crippen LogP contribution in [0.2, 0.25) is 0 Å². The third kappa shape index (κ3) is 2.34. The highest BCUT2D eigenvalue weighted by Crippen LogP contribution is 2.20. The molecule has 4 aromatic rings. The van der Waals surface area contributed by atoms with Crippen LogP contribution in [0.15, 0.2) is 64.1 Å². The Morgan fingerprint density at radius 1 is 1.22 bits per heavy atom. The smallest absolute Gasteiger partial charge is 0.190 e. The third-order valence-electron chi connectivity index (χ3n) is 3.88. The van der Waals surface area contributed by atoms with Crippen LogP contribution >= 0.6 is 0 Å². The zero-order valence-corrected chi connectivity index (χ0v) is 12.4. The zero-order valence-electron chi connectivity index (χ0n) is 12.4. The van der Waals surface area contributed by atoms with Crippen LogP contribution < -0.4 is 5.43 Å². The molecule has 23 heavy (non-hydrogen) atoms. The molecule has 3 heterocycles. The fourth-order valence-electron chi connectivity index (χ4n) is 2.58. The molecule has 0 aliphatic carbocycles. The van der Waals surface area contributed by atoms with Crippen molar-refractivity contribution in [3.05, 3.63) is 70.9 Å². The highest BCUT2D eigenvalue weighted by molar-refractivity contribution is 5.80. The van der Waals surface area contributed by atoms with Crippen LogP contribution in [0.4, 0.5) is 0 Å². The number of aromatic amines is 1. The summed E-state index contributed by atoms with van der Waals surface area (Å²) < 4.78 is 7.11. The Bertz CT molecular complexity index is 1010. The van der Waals surface area contributed by atoms with Crippen molar-refractivity contribution >= 4 is 10.9 Å². The molecule has 0 amide bonds. The van der Waals surface area contributed by atoms with Gasteiger partial charge in [-0.05, 0) is 31.2 Å². The topological polar surface area (TPSA) is 76.7 Å². The number of furan rings is 1. The number of pyridine rings is 1.